The first kappa shape index (κ1) is 9.16. The number of halogens is 1. The molecular weight excluding hydrogens is 157 g/mol. The van der Waals surface area contributed by atoms with E-state index in [-0.39, 0.29) is 11.9 Å². The van der Waals surface area contributed by atoms with Crippen LogP contribution in [-0.2, 0) is 6.54 Å². The number of nitrogens with zero attached hydrogens (tertiary/aromatic N) is 3. The summed E-state index contributed by atoms with van der Waals surface area (Å²) in [6, 6.07) is 0. The van der Waals surface area contributed by atoms with E-state index in [0.29, 0.717) is 12.2 Å². The molecule has 0 aliphatic rings. The van der Waals surface area contributed by atoms with Crippen LogP contribution >= 0.6 is 0 Å². The van der Waals surface area contributed by atoms with Gasteiger partial charge in [-0.25, -0.2) is 4.68 Å². The molecule has 68 valence electrons. The molecule has 0 saturated carbocycles. The second-order valence-electron chi connectivity index (χ2n) is 3.14. The molecule has 0 bridgehead atoms. The average molecular weight is 171 g/mol. The Morgan fingerprint density at radius 2 is 2.17 bits per heavy atom. The molecule has 0 unspecified atom stereocenters. The molecule has 0 aromatic carbocycles. The van der Waals surface area contributed by atoms with Gasteiger partial charge in [0.15, 0.2) is 0 Å². The molecule has 1 aromatic rings. The van der Waals surface area contributed by atoms with E-state index >= 15 is 0 Å². The van der Waals surface area contributed by atoms with Crippen LogP contribution < -0.4 is 0 Å². The maximum absolute atomic E-state index is 13.3. The predicted octanol–water partition coefficient (Wildman–Crippen LogP) is 1.95. The molecule has 0 aliphatic carbocycles. The van der Waals surface area contributed by atoms with Gasteiger partial charge in [0.25, 0.3) is 0 Å². The number of hydrogen-bond acceptors (Lipinski definition) is 2. The summed E-state index contributed by atoms with van der Waals surface area (Å²) >= 11 is 0. The largest absolute Gasteiger partial charge is 0.235 e. The first-order valence-electron chi connectivity index (χ1n) is 4.25. The fourth-order valence-electron chi connectivity index (χ4n) is 1.02. The van der Waals surface area contributed by atoms with Gasteiger partial charge in [-0.3, -0.25) is 0 Å². The Labute approximate surface area is 71.6 Å². The van der Waals surface area contributed by atoms with Crippen LogP contribution in [-0.4, -0.2) is 15.0 Å². The molecule has 0 atom stereocenters. The Morgan fingerprint density at radius 3 is 2.58 bits per heavy atom. The van der Waals surface area contributed by atoms with Crippen molar-refractivity contribution in [2.75, 3.05) is 0 Å². The fourth-order valence-corrected chi connectivity index (χ4v) is 1.02. The number of aromatic nitrogens is 3. The molecule has 1 aromatic heterocycles. The van der Waals surface area contributed by atoms with E-state index in [1.165, 1.54) is 4.68 Å². The van der Waals surface area contributed by atoms with Crippen molar-refractivity contribution >= 4 is 0 Å². The minimum Gasteiger partial charge on any atom is -0.219 e. The summed E-state index contributed by atoms with van der Waals surface area (Å²) in [5.74, 6) is -0.178. The molecule has 0 N–H and O–H groups in total. The summed E-state index contributed by atoms with van der Waals surface area (Å²) in [6.07, 6.45) is 0.873. The zero-order valence-corrected chi connectivity index (χ0v) is 7.71. The van der Waals surface area contributed by atoms with Crippen LogP contribution in [0.25, 0.3) is 0 Å². The molecule has 0 fully saturated rings. The van der Waals surface area contributed by atoms with Gasteiger partial charge in [0.05, 0.1) is 0 Å². The second-order valence-corrected chi connectivity index (χ2v) is 3.14. The summed E-state index contributed by atoms with van der Waals surface area (Å²) in [6.45, 7) is 6.40. The minimum absolute atomic E-state index is 0.107. The third kappa shape index (κ3) is 1.62. The Hall–Kier alpha value is -0.930. The van der Waals surface area contributed by atoms with E-state index in [2.05, 4.69) is 10.3 Å². The first-order valence-corrected chi connectivity index (χ1v) is 4.25. The van der Waals surface area contributed by atoms with Gasteiger partial charge in [0.1, 0.15) is 5.69 Å². The fraction of sp³-hybridized carbons (Fsp3) is 0.750. The predicted molar refractivity (Wildman–Crippen MR) is 44.4 cm³/mol. The molecular formula is C8H14FN3. The second kappa shape index (κ2) is 3.65. The van der Waals surface area contributed by atoms with Crippen LogP contribution in [0.1, 0.15) is 38.8 Å². The van der Waals surface area contributed by atoms with Crippen molar-refractivity contribution in [2.24, 2.45) is 0 Å². The highest BCUT2D eigenvalue weighted by Crippen LogP contribution is 2.14. The molecule has 12 heavy (non-hydrogen) atoms. The average Bonchev–Trinajstić information content (AvgIpc) is 2.34. The van der Waals surface area contributed by atoms with Gasteiger partial charge in [0.2, 0.25) is 5.95 Å². The third-order valence-electron chi connectivity index (χ3n) is 1.68. The highest BCUT2D eigenvalue weighted by Gasteiger charge is 2.14. The van der Waals surface area contributed by atoms with E-state index in [1.54, 1.807) is 0 Å². The lowest BCUT2D eigenvalue weighted by molar-refractivity contribution is 0.442. The maximum atomic E-state index is 13.3. The van der Waals surface area contributed by atoms with E-state index < -0.39 is 0 Å². The van der Waals surface area contributed by atoms with E-state index in [9.17, 15) is 4.39 Å². The third-order valence-corrected chi connectivity index (χ3v) is 1.68. The molecule has 0 aliphatic heterocycles. The highest BCUT2D eigenvalue weighted by molar-refractivity contribution is 5.01. The quantitative estimate of drug-likeness (QED) is 0.696. The van der Waals surface area contributed by atoms with E-state index in [4.69, 9.17) is 0 Å². The normalized spacial score (nSPS) is 11.1. The number of aryl methyl sites for hydroxylation is 1. The van der Waals surface area contributed by atoms with E-state index in [1.807, 2.05) is 20.8 Å². The summed E-state index contributed by atoms with van der Waals surface area (Å²) < 4.78 is 14.6. The summed E-state index contributed by atoms with van der Waals surface area (Å²) in [5, 5.41) is 7.49. The minimum atomic E-state index is -0.285. The summed E-state index contributed by atoms with van der Waals surface area (Å²) in [7, 11) is 0. The molecule has 4 heteroatoms. The highest BCUT2D eigenvalue weighted by atomic mass is 19.1. The van der Waals surface area contributed by atoms with Crippen molar-refractivity contribution in [3.05, 3.63) is 11.6 Å². The van der Waals surface area contributed by atoms with Crippen LogP contribution in [0.15, 0.2) is 0 Å². The van der Waals surface area contributed by atoms with Gasteiger partial charge in [-0.15, -0.1) is 5.10 Å². The molecule has 0 radical (unpaired) electrons. The summed E-state index contributed by atoms with van der Waals surface area (Å²) in [5.41, 5.74) is 0.462. The van der Waals surface area contributed by atoms with Gasteiger partial charge in [-0.1, -0.05) is 26.0 Å². The van der Waals surface area contributed by atoms with Crippen molar-refractivity contribution in [1.82, 2.24) is 15.0 Å². The molecule has 1 rings (SSSR count). The van der Waals surface area contributed by atoms with Gasteiger partial charge in [-0.2, -0.15) is 4.39 Å². The molecule has 3 nitrogen and oxygen atoms in total. The maximum Gasteiger partial charge on any atom is 0.235 e. The Kier molecular flexibility index (Phi) is 2.78. The van der Waals surface area contributed by atoms with E-state index in [0.717, 1.165) is 6.42 Å². The lowest BCUT2D eigenvalue weighted by Crippen LogP contribution is -2.03. The Bertz CT molecular complexity index is 255. The van der Waals surface area contributed by atoms with Crippen LogP contribution in [0.2, 0.25) is 0 Å². The SMILES string of the molecule is CCCn1nnc(C(C)C)c1F. The summed E-state index contributed by atoms with van der Waals surface area (Å²) in [4.78, 5) is 0. The standard InChI is InChI=1S/C8H14FN3/c1-4-5-12-8(9)7(6(2)3)10-11-12/h6H,4-5H2,1-3H3. The zero-order valence-electron chi connectivity index (χ0n) is 7.71. The van der Waals surface area contributed by atoms with Crippen LogP contribution in [0, 0.1) is 5.95 Å². The topological polar surface area (TPSA) is 30.7 Å². The Balaban J connectivity index is 2.88. The van der Waals surface area contributed by atoms with Gasteiger partial charge < -0.3 is 0 Å². The number of rotatable bonds is 3. The molecule has 0 amide bonds. The van der Waals surface area contributed by atoms with Crippen molar-refractivity contribution in [3.63, 3.8) is 0 Å². The molecule has 0 spiro atoms. The van der Waals surface area contributed by atoms with Crippen LogP contribution in [0.4, 0.5) is 4.39 Å². The van der Waals surface area contributed by atoms with Crippen molar-refractivity contribution < 1.29 is 4.39 Å². The first-order chi connectivity index (χ1) is 5.66. The Morgan fingerprint density at radius 1 is 1.50 bits per heavy atom. The van der Waals surface area contributed by atoms with Crippen molar-refractivity contribution in [2.45, 2.75) is 39.7 Å². The van der Waals surface area contributed by atoms with Crippen molar-refractivity contribution in [3.8, 4) is 0 Å². The monoisotopic (exact) mass is 171 g/mol. The van der Waals surface area contributed by atoms with Gasteiger partial charge in [-0.05, 0) is 6.42 Å². The zero-order chi connectivity index (χ0) is 9.14. The number of hydrogen-bond donors (Lipinski definition) is 0. The van der Waals surface area contributed by atoms with Crippen LogP contribution in [0.5, 0.6) is 0 Å². The smallest absolute Gasteiger partial charge is 0.219 e. The van der Waals surface area contributed by atoms with Crippen molar-refractivity contribution in [1.29, 1.82) is 0 Å². The molecule has 0 saturated heterocycles. The lowest BCUT2D eigenvalue weighted by atomic mass is 10.1. The molecule has 1 heterocycles. The van der Waals surface area contributed by atoms with Crippen LogP contribution in [0.3, 0.4) is 0 Å². The lowest BCUT2D eigenvalue weighted by Gasteiger charge is -1.99. The van der Waals surface area contributed by atoms with Gasteiger partial charge >= 0.3 is 0 Å². The van der Waals surface area contributed by atoms with Gasteiger partial charge in [0, 0.05) is 12.5 Å².